The van der Waals surface area contributed by atoms with Crippen molar-refractivity contribution >= 4 is 17.9 Å². The largest absolute Gasteiger partial charge is 0.298 e. The van der Waals surface area contributed by atoms with E-state index in [1.807, 2.05) is 0 Å². The number of benzene rings is 2. The Kier molecular flexibility index (Phi) is 3.02. The zero-order chi connectivity index (χ0) is 11.5. The van der Waals surface area contributed by atoms with Gasteiger partial charge in [-0.25, -0.2) is 4.39 Å². The molecular formula is C13H8ClFO. The average Bonchev–Trinajstić information content (AvgIpc) is 2.30. The SMILES string of the molecule is O=Cc1ccc(-c2ccc(Cl)cc2)cc1F. The van der Waals surface area contributed by atoms with E-state index in [0.717, 1.165) is 11.1 Å². The second kappa shape index (κ2) is 4.45. The molecule has 0 spiro atoms. The fourth-order valence-corrected chi connectivity index (χ4v) is 1.57. The molecule has 2 aromatic carbocycles. The van der Waals surface area contributed by atoms with Gasteiger partial charge in [0.15, 0.2) is 6.29 Å². The van der Waals surface area contributed by atoms with Crippen molar-refractivity contribution in [3.05, 3.63) is 58.9 Å². The lowest BCUT2D eigenvalue weighted by molar-refractivity contribution is 0.112. The van der Waals surface area contributed by atoms with Crippen LogP contribution in [0, 0.1) is 5.82 Å². The summed E-state index contributed by atoms with van der Waals surface area (Å²) in [6.45, 7) is 0. The quantitative estimate of drug-likeness (QED) is 0.719. The zero-order valence-electron chi connectivity index (χ0n) is 8.28. The van der Waals surface area contributed by atoms with Gasteiger partial charge < -0.3 is 0 Å². The predicted molar refractivity (Wildman–Crippen MR) is 62.2 cm³/mol. The Morgan fingerprint density at radius 2 is 1.62 bits per heavy atom. The molecule has 0 aliphatic carbocycles. The topological polar surface area (TPSA) is 17.1 Å². The normalized spacial score (nSPS) is 10.1. The van der Waals surface area contributed by atoms with Crippen molar-refractivity contribution in [3.8, 4) is 11.1 Å². The summed E-state index contributed by atoms with van der Waals surface area (Å²) in [5, 5.41) is 0.633. The molecule has 0 saturated heterocycles. The minimum absolute atomic E-state index is 0.0673. The van der Waals surface area contributed by atoms with Crippen LogP contribution in [0.25, 0.3) is 11.1 Å². The van der Waals surface area contributed by atoms with Crippen LogP contribution in [-0.4, -0.2) is 6.29 Å². The van der Waals surface area contributed by atoms with E-state index >= 15 is 0 Å². The van der Waals surface area contributed by atoms with Gasteiger partial charge in [0.2, 0.25) is 0 Å². The highest BCUT2D eigenvalue weighted by molar-refractivity contribution is 6.30. The number of aldehydes is 1. The Balaban J connectivity index is 2.45. The zero-order valence-corrected chi connectivity index (χ0v) is 9.04. The summed E-state index contributed by atoms with van der Waals surface area (Å²) in [5.41, 5.74) is 1.65. The molecule has 0 N–H and O–H groups in total. The first-order valence-electron chi connectivity index (χ1n) is 4.71. The number of halogens is 2. The maximum absolute atomic E-state index is 13.4. The second-order valence-electron chi connectivity index (χ2n) is 3.36. The van der Waals surface area contributed by atoms with Gasteiger partial charge in [0.25, 0.3) is 0 Å². The molecule has 0 fully saturated rings. The Morgan fingerprint density at radius 1 is 1.00 bits per heavy atom. The molecule has 80 valence electrons. The van der Waals surface area contributed by atoms with Crippen molar-refractivity contribution in [2.24, 2.45) is 0 Å². The summed E-state index contributed by atoms with van der Waals surface area (Å²) in [6, 6.07) is 11.6. The monoisotopic (exact) mass is 234 g/mol. The van der Waals surface area contributed by atoms with Crippen LogP contribution < -0.4 is 0 Å². The standard InChI is InChI=1S/C13H8ClFO/c14-12-5-3-9(4-6-12)10-1-2-11(8-16)13(15)7-10/h1-8H. The molecule has 0 amide bonds. The number of hydrogen-bond acceptors (Lipinski definition) is 1. The first-order valence-corrected chi connectivity index (χ1v) is 5.09. The van der Waals surface area contributed by atoms with Crippen LogP contribution in [0.2, 0.25) is 5.02 Å². The van der Waals surface area contributed by atoms with Gasteiger partial charge in [-0.05, 0) is 35.4 Å². The molecule has 0 aliphatic rings. The molecule has 0 bridgehead atoms. The molecule has 0 atom stereocenters. The minimum Gasteiger partial charge on any atom is -0.298 e. The predicted octanol–water partition coefficient (Wildman–Crippen LogP) is 3.96. The van der Waals surface area contributed by atoms with Crippen molar-refractivity contribution in [3.63, 3.8) is 0 Å². The molecule has 16 heavy (non-hydrogen) atoms. The number of rotatable bonds is 2. The maximum atomic E-state index is 13.4. The first-order chi connectivity index (χ1) is 7.70. The highest BCUT2D eigenvalue weighted by Crippen LogP contribution is 2.23. The smallest absolute Gasteiger partial charge is 0.152 e. The van der Waals surface area contributed by atoms with Crippen molar-refractivity contribution in [1.29, 1.82) is 0 Å². The molecule has 0 aliphatic heterocycles. The van der Waals surface area contributed by atoms with Crippen LogP contribution in [0.1, 0.15) is 10.4 Å². The molecule has 2 rings (SSSR count). The molecule has 2 aromatic rings. The van der Waals surface area contributed by atoms with Gasteiger partial charge >= 0.3 is 0 Å². The summed E-state index contributed by atoms with van der Waals surface area (Å²) in [7, 11) is 0. The Labute approximate surface area is 97.5 Å². The number of carbonyl (C=O) groups is 1. The van der Waals surface area contributed by atoms with E-state index in [1.165, 1.54) is 12.1 Å². The van der Waals surface area contributed by atoms with Gasteiger partial charge in [0, 0.05) is 5.02 Å². The summed E-state index contributed by atoms with van der Waals surface area (Å²) < 4.78 is 13.4. The second-order valence-corrected chi connectivity index (χ2v) is 3.80. The highest BCUT2D eigenvalue weighted by atomic mass is 35.5. The molecule has 3 heteroatoms. The van der Waals surface area contributed by atoms with E-state index in [9.17, 15) is 9.18 Å². The van der Waals surface area contributed by atoms with Crippen LogP contribution in [-0.2, 0) is 0 Å². The number of hydrogen-bond donors (Lipinski definition) is 0. The van der Waals surface area contributed by atoms with Crippen molar-refractivity contribution in [2.45, 2.75) is 0 Å². The van der Waals surface area contributed by atoms with E-state index in [4.69, 9.17) is 11.6 Å². The van der Waals surface area contributed by atoms with Crippen molar-refractivity contribution in [2.75, 3.05) is 0 Å². The van der Waals surface area contributed by atoms with E-state index < -0.39 is 5.82 Å². The molecule has 1 nitrogen and oxygen atoms in total. The molecule has 0 unspecified atom stereocenters. The van der Waals surface area contributed by atoms with Gasteiger partial charge in [-0.2, -0.15) is 0 Å². The molecule has 0 aromatic heterocycles. The molecule has 0 heterocycles. The lowest BCUT2D eigenvalue weighted by Crippen LogP contribution is -1.88. The van der Waals surface area contributed by atoms with Crippen molar-refractivity contribution < 1.29 is 9.18 Å². The van der Waals surface area contributed by atoms with Gasteiger partial charge in [-0.1, -0.05) is 29.8 Å². The lowest BCUT2D eigenvalue weighted by atomic mass is 10.0. The van der Waals surface area contributed by atoms with Crippen LogP contribution in [0.3, 0.4) is 0 Å². The van der Waals surface area contributed by atoms with Gasteiger partial charge in [0.1, 0.15) is 5.82 Å². The van der Waals surface area contributed by atoms with E-state index in [2.05, 4.69) is 0 Å². The summed E-state index contributed by atoms with van der Waals surface area (Å²) in [6.07, 6.45) is 0.501. The highest BCUT2D eigenvalue weighted by Gasteiger charge is 2.04. The number of carbonyl (C=O) groups excluding carboxylic acids is 1. The van der Waals surface area contributed by atoms with E-state index in [1.54, 1.807) is 30.3 Å². The molecule has 0 radical (unpaired) electrons. The van der Waals surface area contributed by atoms with Crippen molar-refractivity contribution in [1.82, 2.24) is 0 Å². The first kappa shape index (κ1) is 10.8. The fourth-order valence-electron chi connectivity index (χ4n) is 1.44. The average molecular weight is 235 g/mol. The third-order valence-electron chi connectivity index (χ3n) is 2.30. The third kappa shape index (κ3) is 2.12. The van der Waals surface area contributed by atoms with Crippen LogP contribution in [0.15, 0.2) is 42.5 Å². The van der Waals surface area contributed by atoms with Crippen LogP contribution >= 0.6 is 11.6 Å². The Bertz CT molecular complexity index is 520. The van der Waals surface area contributed by atoms with Gasteiger partial charge in [-0.3, -0.25) is 4.79 Å². The maximum Gasteiger partial charge on any atom is 0.152 e. The summed E-state index contributed by atoms with van der Waals surface area (Å²) >= 11 is 5.76. The summed E-state index contributed by atoms with van der Waals surface area (Å²) in [5.74, 6) is -0.512. The van der Waals surface area contributed by atoms with Crippen LogP contribution in [0.5, 0.6) is 0 Å². The van der Waals surface area contributed by atoms with E-state index in [0.29, 0.717) is 11.3 Å². The lowest BCUT2D eigenvalue weighted by Gasteiger charge is -2.03. The third-order valence-corrected chi connectivity index (χ3v) is 2.56. The minimum atomic E-state index is -0.512. The fraction of sp³-hybridized carbons (Fsp3) is 0. The Hall–Kier alpha value is -1.67. The van der Waals surface area contributed by atoms with Gasteiger partial charge in [-0.15, -0.1) is 0 Å². The van der Waals surface area contributed by atoms with Gasteiger partial charge in [0.05, 0.1) is 5.56 Å². The molecule has 0 saturated carbocycles. The summed E-state index contributed by atoms with van der Waals surface area (Å²) in [4.78, 5) is 10.5. The molecular weight excluding hydrogens is 227 g/mol. The van der Waals surface area contributed by atoms with E-state index in [-0.39, 0.29) is 5.56 Å². The van der Waals surface area contributed by atoms with Crippen LogP contribution in [0.4, 0.5) is 4.39 Å². The Morgan fingerprint density at radius 3 is 2.19 bits per heavy atom.